The van der Waals surface area contributed by atoms with Crippen LogP contribution in [0.25, 0.3) is 0 Å². The molecule has 0 N–H and O–H groups in total. The zero-order valence-corrected chi connectivity index (χ0v) is 18.4. The molecule has 1 aliphatic heterocycles. The summed E-state index contributed by atoms with van der Waals surface area (Å²) in [4.78, 5) is 15.6. The van der Waals surface area contributed by atoms with E-state index in [9.17, 15) is 4.79 Å². The molecular weight excluding hydrogens is 396 g/mol. The molecule has 0 bridgehead atoms. The Morgan fingerprint density at radius 2 is 1.53 bits per heavy atom. The summed E-state index contributed by atoms with van der Waals surface area (Å²) in [6, 6.07) is 26.6. The largest absolute Gasteiger partial charge is 0.307 e. The molecule has 1 amide bonds. The average molecular weight is 423 g/mol. The van der Waals surface area contributed by atoms with Crippen molar-refractivity contribution in [2.24, 2.45) is 0 Å². The van der Waals surface area contributed by atoms with E-state index in [2.05, 4.69) is 59.7 Å². The number of para-hydroxylation sites is 1. The lowest BCUT2D eigenvalue weighted by atomic mass is 9.80. The molecule has 5 rings (SSSR count). The summed E-state index contributed by atoms with van der Waals surface area (Å²) in [5.41, 5.74) is 5.71. The van der Waals surface area contributed by atoms with E-state index >= 15 is 0 Å². The number of carbonyl (C=O) groups excluding carboxylic acids is 1. The van der Waals surface area contributed by atoms with Gasteiger partial charge in [-0.2, -0.15) is 0 Å². The van der Waals surface area contributed by atoms with Crippen LogP contribution in [0.2, 0.25) is 0 Å². The Morgan fingerprint density at radius 1 is 0.844 bits per heavy atom. The summed E-state index contributed by atoms with van der Waals surface area (Å²) in [6.07, 6.45) is 2.48. The molecule has 3 aromatic carbocycles. The zero-order chi connectivity index (χ0) is 22.1. The van der Waals surface area contributed by atoms with Crippen LogP contribution in [-0.4, -0.2) is 20.9 Å². The first-order chi connectivity index (χ1) is 15.5. The topological polar surface area (TPSA) is 51.0 Å². The number of hydrogen-bond donors (Lipinski definition) is 0. The quantitative estimate of drug-likeness (QED) is 0.453. The van der Waals surface area contributed by atoms with Crippen molar-refractivity contribution in [3.63, 3.8) is 0 Å². The Kier molecular flexibility index (Phi) is 5.10. The molecule has 5 heteroatoms. The first kappa shape index (κ1) is 20.2. The summed E-state index contributed by atoms with van der Waals surface area (Å²) in [6.45, 7) is 5.33. The normalized spacial score (nSPS) is 17.6. The Balaban J connectivity index is 1.40. The number of aryl methyl sites for hydroxylation is 1. The van der Waals surface area contributed by atoms with Gasteiger partial charge in [0.25, 0.3) is 0 Å². The van der Waals surface area contributed by atoms with E-state index in [0.717, 1.165) is 22.5 Å². The van der Waals surface area contributed by atoms with Crippen LogP contribution in [0.15, 0.2) is 85.1 Å². The standard InChI is InChI=1S/C27H26N4O/c1-20-12-14-22(15-13-20)17-30-19-23(28-29-30)16-27(2)24-10-6-7-11-25(24)31(26(27)32)18-21-8-4-3-5-9-21/h3-15,19H,16-18H2,1-2H3/t27-/m1/s1. The molecule has 1 aromatic heterocycles. The monoisotopic (exact) mass is 422 g/mol. The molecule has 32 heavy (non-hydrogen) atoms. The maximum Gasteiger partial charge on any atom is 0.238 e. The van der Waals surface area contributed by atoms with Gasteiger partial charge in [-0.1, -0.05) is 83.6 Å². The van der Waals surface area contributed by atoms with Gasteiger partial charge in [0.1, 0.15) is 0 Å². The van der Waals surface area contributed by atoms with Gasteiger partial charge in [-0.25, -0.2) is 4.68 Å². The third-order valence-electron chi connectivity index (χ3n) is 6.28. The van der Waals surface area contributed by atoms with Crippen LogP contribution >= 0.6 is 0 Å². The number of nitrogens with zero attached hydrogens (tertiary/aromatic N) is 4. The van der Waals surface area contributed by atoms with E-state index in [1.165, 1.54) is 11.1 Å². The zero-order valence-electron chi connectivity index (χ0n) is 18.4. The van der Waals surface area contributed by atoms with Crippen molar-refractivity contribution in [1.29, 1.82) is 0 Å². The van der Waals surface area contributed by atoms with Crippen molar-refractivity contribution in [3.8, 4) is 0 Å². The first-order valence-electron chi connectivity index (χ1n) is 10.9. The van der Waals surface area contributed by atoms with Crippen LogP contribution in [-0.2, 0) is 29.7 Å². The van der Waals surface area contributed by atoms with E-state index in [0.29, 0.717) is 19.5 Å². The maximum absolute atomic E-state index is 13.7. The third kappa shape index (κ3) is 3.71. The minimum atomic E-state index is -0.671. The highest BCUT2D eigenvalue weighted by Gasteiger charge is 2.47. The number of rotatable bonds is 6. The number of hydrogen-bond acceptors (Lipinski definition) is 3. The molecule has 5 nitrogen and oxygen atoms in total. The summed E-state index contributed by atoms with van der Waals surface area (Å²) in [7, 11) is 0. The second kappa shape index (κ2) is 8.08. The molecule has 1 atom stereocenters. The molecule has 0 saturated heterocycles. The summed E-state index contributed by atoms with van der Waals surface area (Å²) in [5.74, 6) is 0.107. The number of fused-ring (bicyclic) bond motifs is 1. The van der Waals surface area contributed by atoms with Gasteiger partial charge in [-0.3, -0.25) is 4.79 Å². The molecule has 4 aromatic rings. The van der Waals surface area contributed by atoms with Crippen molar-refractivity contribution in [2.75, 3.05) is 4.90 Å². The van der Waals surface area contributed by atoms with Crippen molar-refractivity contribution < 1.29 is 4.79 Å². The minimum absolute atomic E-state index is 0.107. The molecule has 1 aliphatic rings. The van der Waals surface area contributed by atoms with E-state index in [1.54, 1.807) is 0 Å². The molecule has 0 fully saturated rings. The van der Waals surface area contributed by atoms with Gasteiger partial charge in [0.05, 0.1) is 24.2 Å². The minimum Gasteiger partial charge on any atom is -0.307 e. The molecule has 0 spiro atoms. The van der Waals surface area contributed by atoms with E-state index < -0.39 is 5.41 Å². The van der Waals surface area contributed by atoms with Crippen LogP contribution in [0.1, 0.15) is 34.9 Å². The van der Waals surface area contributed by atoms with Gasteiger partial charge in [0, 0.05) is 18.3 Å². The lowest BCUT2D eigenvalue weighted by molar-refractivity contribution is -0.122. The van der Waals surface area contributed by atoms with Crippen LogP contribution < -0.4 is 4.90 Å². The van der Waals surface area contributed by atoms with Crippen LogP contribution in [0, 0.1) is 6.92 Å². The molecule has 160 valence electrons. The van der Waals surface area contributed by atoms with Gasteiger partial charge in [0.15, 0.2) is 0 Å². The number of aromatic nitrogens is 3. The Labute approximate surface area is 188 Å². The number of carbonyl (C=O) groups is 1. The molecule has 0 unspecified atom stereocenters. The highest BCUT2D eigenvalue weighted by Crippen LogP contribution is 2.44. The number of amides is 1. The molecule has 0 aliphatic carbocycles. The lowest BCUT2D eigenvalue weighted by Gasteiger charge is -2.23. The lowest BCUT2D eigenvalue weighted by Crippen LogP contribution is -2.39. The van der Waals surface area contributed by atoms with Crippen LogP contribution in [0.4, 0.5) is 5.69 Å². The number of benzene rings is 3. The maximum atomic E-state index is 13.7. The van der Waals surface area contributed by atoms with Crippen LogP contribution in [0.5, 0.6) is 0 Å². The predicted molar refractivity (Wildman–Crippen MR) is 125 cm³/mol. The van der Waals surface area contributed by atoms with Gasteiger partial charge in [0.2, 0.25) is 5.91 Å². The fraction of sp³-hybridized carbons (Fsp3) is 0.222. The average Bonchev–Trinajstić information content (AvgIpc) is 3.33. The number of anilines is 1. The van der Waals surface area contributed by atoms with Crippen molar-refractivity contribution >= 4 is 11.6 Å². The highest BCUT2D eigenvalue weighted by atomic mass is 16.2. The van der Waals surface area contributed by atoms with Gasteiger partial charge in [-0.05, 0) is 36.6 Å². The van der Waals surface area contributed by atoms with Crippen molar-refractivity contribution in [1.82, 2.24) is 15.0 Å². The van der Waals surface area contributed by atoms with E-state index in [4.69, 9.17) is 0 Å². The summed E-state index contributed by atoms with van der Waals surface area (Å²) < 4.78 is 1.84. The van der Waals surface area contributed by atoms with Crippen molar-refractivity contribution in [2.45, 2.75) is 38.8 Å². The predicted octanol–water partition coefficient (Wildman–Crippen LogP) is 4.68. The second-order valence-corrected chi connectivity index (χ2v) is 8.80. The summed E-state index contributed by atoms with van der Waals surface area (Å²) in [5, 5.41) is 8.71. The SMILES string of the molecule is Cc1ccc(Cn2cc(C[C@@]3(C)C(=O)N(Cc4ccccc4)c4ccccc43)nn2)cc1. The van der Waals surface area contributed by atoms with Gasteiger partial charge in [-0.15, -0.1) is 5.10 Å². The van der Waals surface area contributed by atoms with Gasteiger partial charge < -0.3 is 4.90 Å². The molecule has 0 radical (unpaired) electrons. The first-order valence-corrected chi connectivity index (χ1v) is 10.9. The highest BCUT2D eigenvalue weighted by molar-refractivity contribution is 6.07. The Hall–Kier alpha value is -3.73. The van der Waals surface area contributed by atoms with E-state index in [-0.39, 0.29) is 5.91 Å². The molecule has 0 saturated carbocycles. The van der Waals surface area contributed by atoms with E-state index in [1.807, 2.05) is 59.1 Å². The Bertz CT molecular complexity index is 1250. The van der Waals surface area contributed by atoms with Crippen LogP contribution in [0.3, 0.4) is 0 Å². The second-order valence-electron chi connectivity index (χ2n) is 8.80. The fourth-order valence-corrected chi connectivity index (χ4v) is 4.53. The third-order valence-corrected chi connectivity index (χ3v) is 6.28. The fourth-order valence-electron chi connectivity index (χ4n) is 4.53. The smallest absolute Gasteiger partial charge is 0.238 e. The Morgan fingerprint density at radius 3 is 2.31 bits per heavy atom. The van der Waals surface area contributed by atoms with Gasteiger partial charge >= 0.3 is 0 Å². The summed E-state index contributed by atoms with van der Waals surface area (Å²) >= 11 is 0. The molecular formula is C27H26N4O. The molecule has 2 heterocycles. The van der Waals surface area contributed by atoms with Crippen molar-refractivity contribution in [3.05, 3.63) is 113 Å².